The van der Waals surface area contributed by atoms with Crippen molar-refractivity contribution in [3.05, 3.63) is 35.9 Å². The average Bonchev–Trinajstić information content (AvgIpc) is 2.38. The topological polar surface area (TPSA) is 46.5 Å². The molecule has 0 saturated heterocycles. The van der Waals surface area contributed by atoms with Crippen LogP contribution in [0.25, 0.3) is 0 Å². The Balaban J connectivity index is 3.19. The molecule has 18 heavy (non-hydrogen) atoms. The van der Waals surface area contributed by atoms with Gasteiger partial charge in [0, 0.05) is 0 Å². The Labute approximate surface area is 102 Å². The Bertz CT molecular complexity index is 408. The van der Waals surface area contributed by atoms with Gasteiger partial charge in [-0.15, -0.1) is 0 Å². The Morgan fingerprint density at radius 1 is 1.33 bits per heavy atom. The molecule has 100 valence electrons. The molecular formula is C12H13F3O3. The molecular weight excluding hydrogens is 249 g/mol. The second-order valence-electron chi connectivity index (χ2n) is 3.65. The molecule has 0 aliphatic heterocycles. The third-order valence-corrected chi connectivity index (χ3v) is 2.50. The van der Waals surface area contributed by atoms with Crippen LogP contribution in [0, 0.1) is 0 Å². The number of hydrogen-bond acceptors (Lipinski definition) is 3. The lowest BCUT2D eigenvalue weighted by Gasteiger charge is -2.31. The number of carbonyl (C=O) groups excluding carboxylic acids is 1. The summed E-state index contributed by atoms with van der Waals surface area (Å²) in [6.45, 7) is -0.751. The van der Waals surface area contributed by atoms with E-state index in [-0.39, 0.29) is 12.2 Å². The third kappa shape index (κ3) is 2.33. The van der Waals surface area contributed by atoms with Crippen LogP contribution in [-0.2, 0) is 15.1 Å². The van der Waals surface area contributed by atoms with Gasteiger partial charge in [-0.3, -0.25) is 0 Å². The molecule has 1 atom stereocenters. The minimum atomic E-state index is -4.36. The summed E-state index contributed by atoms with van der Waals surface area (Å²) in [5, 5.41) is 9.79. The van der Waals surface area contributed by atoms with Crippen molar-refractivity contribution in [3.8, 4) is 0 Å². The standard InChI is InChI=1S/C12H13F3O3/c1-2-18-10(16)12(14,15)11(17,8-13)9-6-4-3-5-7-9/h3-7,17H,2,8H2,1H3. The quantitative estimate of drug-likeness (QED) is 0.826. The van der Waals surface area contributed by atoms with E-state index in [1.54, 1.807) is 0 Å². The van der Waals surface area contributed by atoms with Crippen LogP contribution < -0.4 is 0 Å². The van der Waals surface area contributed by atoms with Gasteiger partial charge in [0.1, 0.15) is 6.67 Å². The molecule has 3 nitrogen and oxygen atoms in total. The van der Waals surface area contributed by atoms with E-state index < -0.39 is 24.2 Å². The largest absolute Gasteiger partial charge is 0.461 e. The molecule has 0 spiro atoms. The first-order chi connectivity index (χ1) is 8.40. The molecule has 0 heterocycles. The number of alkyl halides is 3. The van der Waals surface area contributed by atoms with Crippen molar-refractivity contribution < 1.29 is 27.8 Å². The summed E-state index contributed by atoms with van der Waals surface area (Å²) in [6.07, 6.45) is 0. The lowest BCUT2D eigenvalue weighted by molar-refractivity contribution is -0.220. The zero-order valence-corrected chi connectivity index (χ0v) is 9.70. The van der Waals surface area contributed by atoms with Crippen LogP contribution in [0.2, 0.25) is 0 Å². The number of halogens is 3. The Morgan fingerprint density at radius 2 is 1.89 bits per heavy atom. The van der Waals surface area contributed by atoms with Gasteiger partial charge in [-0.2, -0.15) is 8.78 Å². The number of ether oxygens (including phenoxy) is 1. The monoisotopic (exact) mass is 262 g/mol. The van der Waals surface area contributed by atoms with Gasteiger partial charge in [0.25, 0.3) is 0 Å². The van der Waals surface area contributed by atoms with Gasteiger partial charge in [0.15, 0.2) is 5.60 Å². The Morgan fingerprint density at radius 3 is 2.33 bits per heavy atom. The first-order valence-electron chi connectivity index (χ1n) is 5.29. The van der Waals surface area contributed by atoms with Crippen molar-refractivity contribution in [3.63, 3.8) is 0 Å². The fraction of sp³-hybridized carbons (Fsp3) is 0.417. The van der Waals surface area contributed by atoms with Crippen LogP contribution in [0.1, 0.15) is 12.5 Å². The van der Waals surface area contributed by atoms with Crippen molar-refractivity contribution in [2.75, 3.05) is 13.3 Å². The van der Waals surface area contributed by atoms with E-state index >= 15 is 0 Å². The molecule has 0 fully saturated rings. The Kier molecular flexibility index (Phi) is 4.34. The first-order valence-corrected chi connectivity index (χ1v) is 5.29. The van der Waals surface area contributed by atoms with Gasteiger partial charge < -0.3 is 9.84 Å². The second kappa shape index (κ2) is 5.39. The van der Waals surface area contributed by atoms with E-state index in [9.17, 15) is 23.1 Å². The highest BCUT2D eigenvalue weighted by atomic mass is 19.3. The van der Waals surface area contributed by atoms with E-state index in [2.05, 4.69) is 4.74 Å². The summed E-state index contributed by atoms with van der Waals surface area (Å²) >= 11 is 0. The van der Waals surface area contributed by atoms with E-state index in [0.717, 1.165) is 12.1 Å². The van der Waals surface area contributed by atoms with Gasteiger partial charge in [0.05, 0.1) is 6.61 Å². The van der Waals surface area contributed by atoms with Crippen LogP contribution in [0.5, 0.6) is 0 Å². The van der Waals surface area contributed by atoms with Gasteiger partial charge in [0.2, 0.25) is 0 Å². The van der Waals surface area contributed by atoms with E-state index in [1.165, 1.54) is 25.1 Å². The molecule has 0 saturated carbocycles. The van der Waals surface area contributed by atoms with Gasteiger partial charge in [-0.25, -0.2) is 9.18 Å². The second-order valence-corrected chi connectivity index (χ2v) is 3.65. The fourth-order valence-corrected chi connectivity index (χ4v) is 1.45. The molecule has 0 radical (unpaired) electrons. The maximum Gasteiger partial charge on any atom is 0.380 e. The first kappa shape index (κ1) is 14.5. The van der Waals surface area contributed by atoms with Crippen molar-refractivity contribution in [2.24, 2.45) is 0 Å². The molecule has 1 rings (SSSR count). The normalized spacial score (nSPS) is 14.9. The van der Waals surface area contributed by atoms with Crippen molar-refractivity contribution in [2.45, 2.75) is 18.4 Å². The highest BCUT2D eigenvalue weighted by Gasteiger charge is 2.61. The van der Waals surface area contributed by atoms with Crippen molar-refractivity contribution in [1.82, 2.24) is 0 Å². The zero-order valence-electron chi connectivity index (χ0n) is 9.70. The summed E-state index contributed by atoms with van der Waals surface area (Å²) in [5.41, 5.74) is -3.61. The molecule has 0 amide bonds. The third-order valence-electron chi connectivity index (χ3n) is 2.50. The SMILES string of the molecule is CCOC(=O)C(F)(F)C(O)(CF)c1ccccc1. The number of esters is 1. The number of aliphatic hydroxyl groups is 1. The van der Waals surface area contributed by atoms with Crippen LogP contribution in [0.4, 0.5) is 13.2 Å². The van der Waals surface area contributed by atoms with Crippen LogP contribution in [0.15, 0.2) is 30.3 Å². The smallest absolute Gasteiger partial charge is 0.380 e. The maximum absolute atomic E-state index is 13.8. The number of carbonyl (C=O) groups is 1. The predicted octanol–water partition coefficient (Wildman–Crippen LogP) is 2.04. The van der Waals surface area contributed by atoms with E-state index in [4.69, 9.17) is 0 Å². The summed E-state index contributed by atoms with van der Waals surface area (Å²) < 4.78 is 44.6. The molecule has 0 aliphatic carbocycles. The highest BCUT2D eigenvalue weighted by molar-refractivity contribution is 5.79. The number of hydrogen-bond donors (Lipinski definition) is 1. The van der Waals surface area contributed by atoms with Crippen molar-refractivity contribution in [1.29, 1.82) is 0 Å². The lowest BCUT2D eigenvalue weighted by atomic mass is 9.88. The van der Waals surface area contributed by atoms with Gasteiger partial charge in [-0.05, 0) is 12.5 Å². The molecule has 1 N–H and O–H groups in total. The lowest BCUT2D eigenvalue weighted by Crippen LogP contribution is -2.53. The van der Waals surface area contributed by atoms with Gasteiger partial charge in [-0.1, -0.05) is 30.3 Å². The molecule has 1 aromatic rings. The average molecular weight is 262 g/mol. The van der Waals surface area contributed by atoms with Crippen LogP contribution >= 0.6 is 0 Å². The fourth-order valence-electron chi connectivity index (χ4n) is 1.45. The van der Waals surface area contributed by atoms with Crippen LogP contribution in [0.3, 0.4) is 0 Å². The summed E-state index contributed by atoms with van der Waals surface area (Å²) in [4.78, 5) is 11.1. The highest BCUT2D eigenvalue weighted by Crippen LogP contribution is 2.39. The minimum absolute atomic E-state index is 0.286. The van der Waals surface area contributed by atoms with Gasteiger partial charge >= 0.3 is 11.9 Å². The maximum atomic E-state index is 13.8. The molecule has 1 aromatic carbocycles. The molecule has 0 bridgehead atoms. The zero-order chi connectivity index (χ0) is 13.8. The number of benzene rings is 1. The summed E-state index contributed by atoms with van der Waals surface area (Å²) in [5.74, 6) is -6.31. The minimum Gasteiger partial charge on any atom is -0.461 e. The summed E-state index contributed by atoms with van der Waals surface area (Å²) in [7, 11) is 0. The number of rotatable bonds is 5. The van der Waals surface area contributed by atoms with Crippen LogP contribution in [-0.4, -0.2) is 30.3 Å². The molecule has 0 aromatic heterocycles. The summed E-state index contributed by atoms with van der Waals surface area (Å²) in [6, 6.07) is 6.47. The Hall–Kier alpha value is -1.56. The molecule has 6 heteroatoms. The molecule has 0 aliphatic rings. The van der Waals surface area contributed by atoms with Crippen molar-refractivity contribution >= 4 is 5.97 Å². The van der Waals surface area contributed by atoms with E-state index in [0.29, 0.717) is 0 Å². The molecule has 1 unspecified atom stereocenters. The predicted molar refractivity (Wildman–Crippen MR) is 57.9 cm³/mol. The van der Waals surface area contributed by atoms with E-state index in [1.807, 2.05) is 0 Å².